The van der Waals surface area contributed by atoms with Gasteiger partial charge in [-0.1, -0.05) is 0 Å². The van der Waals surface area contributed by atoms with Gasteiger partial charge in [0.05, 0.1) is 17.6 Å². The maximum Gasteiger partial charge on any atom is 0.316 e. The molecule has 1 saturated heterocycles. The Hall–Kier alpha value is -0.860. The van der Waals surface area contributed by atoms with Crippen LogP contribution in [0.1, 0.15) is 0 Å². The van der Waals surface area contributed by atoms with Crippen molar-refractivity contribution >= 4 is 15.9 Å². The van der Waals surface area contributed by atoms with Gasteiger partial charge in [-0.2, -0.15) is 0 Å². The number of urea groups is 1. The molecule has 2 unspecified atom stereocenters. The van der Waals surface area contributed by atoms with Crippen molar-refractivity contribution in [2.45, 2.75) is 12.1 Å². The van der Waals surface area contributed by atoms with E-state index < -0.39 is 22.0 Å². The van der Waals surface area contributed by atoms with E-state index in [1.54, 1.807) is 14.1 Å². The summed E-state index contributed by atoms with van der Waals surface area (Å²) in [5.74, 6) is -0.232. The summed E-state index contributed by atoms with van der Waals surface area (Å²) in [6, 6.07) is -0.636. The minimum atomic E-state index is -3.12. The fraction of sp³-hybridized carbons (Fsp3) is 0.889. The van der Waals surface area contributed by atoms with Gasteiger partial charge in [0, 0.05) is 33.2 Å². The number of sulfone groups is 1. The first-order chi connectivity index (χ1) is 7.82. The predicted octanol–water partition coefficient (Wildman–Crippen LogP) is -1.99. The lowest BCUT2D eigenvalue weighted by atomic mass is 10.2. The number of amides is 2. The second-order valence-corrected chi connectivity index (χ2v) is 6.49. The molecule has 0 aromatic heterocycles. The van der Waals surface area contributed by atoms with Gasteiger partial charge >= 0.3 is 6.03 Å². The van der Waals surface area contributed by atoms with Gasteiger partial charge in [0.25, 0.3) is 0 Å². The summed E-state index contributed by atoms with van der Waals surface area (Å²) < 4.78 is 22.4. The minimum Gasteiger partial charge on any atom is -0.390 e. The molecule has 1 heterocycles. The highest BCUT2D eigenvalue weighted by molar-refractivity contribution is 7.91. The second kappa shape index (κ2) is 5.65. The van der Waals surface area contributed by atoms with Crippen LogP contribution in [0.3, 0.4) is 0 Å². The Balaban J connectivity index is 2.22. The highest BCUT2D eigenvalue weighted by Gasteiger charge is 2.35. The molecular weight excluding hydrogens is 246 g/mol. The largest absolute Gasteiger partial charge is 0.390 e. The fourth-order valence-electron chi connectivity index (χ4n) is 1.61. The molecule has 0 saturated carbocycles. The van der Waals surface area contributed by atoms with Crippen molar-refractivity contribution in [1.82, 2.24) is 15.5 Å². The summed E-state index contributed by atoms with van der Waals surface area (Å²) >= 11 is 0. The molecule has 17 heavy (non-hydrogen) atoms. The van der Waals surface area contributed by atoms with Crippen LogP contribution < -0.4 is 10.6 Å². The first-order valence-electron chi connectivity index (χ1n) is 5.39. The fourth-order valence-corrected chi connectivity index (χ4v) is 3.38. The predicted molar refractivity (Wildman–Crippen MR) is 63.5 cm³/mol. The van der Waals surface area contributed by atoms with E-state index in [1.165, 1.54) is 4.90 Å². The lowest BCUT2D eigenvalue weighted by Crippen LogP contribution is -2.44. The van der Waals surface area contributed by atoms with Crippen LogP contribution >= 0.6 is 0 Å². The summed E-state index contributed by atoms with van der Waals surface area (Å²) in [6.07, 6.45) is -0.857. The molecule has 0 bridgehead atoms. The van der Waals surface area contributed by atoms with Crippen LogP contribution in [0, 0.1) is 0 Å². The van der Waals surface area contributed by atoms with Gasteiger partial charge in [-0.05, 0) is 0 Å². The Kier molecular flexibility index (Phi) is 4.72. The SMILES string of the molecule is CN(C)C(=O)NCCNC1CS(=O)(=O)CC1O. The third-order valence-corrected chi connectivity index (χ3v) is 4.25. The lowest BCUT2D eigenvalue weighted by Gasteiger charge is -2.16. The molecule has 0 aliphatic carbocycles. The lowest BCUT2D eigenvalue weighted by molar-refractivity contribution is 0.166. The molecule has 2 atom stereocenters. The van der Waals surface area contributed by atoms with E-state index in [-0.39, 0.29) is 17.5 Å². The quantitative estimate of drug-likeness (QED) is 0.511. The zero-order chi connectivity index (χ0) is 13.1. The number of carbonyl (C=O) groups excluding carboxylic acids is 1. The van der Waals surface area contributed by atoms with Gasteiger partial charge in [-0.3, -0.25) is 0 Å². The summed E-state index contributed by atoms with van der Waals surface area (Å²) in [7, 11) is 0.150. The van der Waals surface area contributed by atoms with E-state index >= 15 is 0 Å². The minimum absolute atomic E-state index is 0.0458. The van der Waals surface area contributed by atoms with Gasteiger partial charge in [-0.15, -0.1) is 0 Å². The summed E-state index contributed by atoms with van der Waals surface area (Å²) in [5.41, 5.74) is 0. The van der Waals surface area contributed by atoms with Crippen LogP contribution in [0.2, 0.25) is 0 Å². The highest BCUT2D eigenvalue weighted by Crippen LogP contribution is 2.11. The summed E-state index contributed by atoms with van der Waals surface area (Å²) in [6.45, 7) is 0.817. The summed E-state index contributed by atoms with van der Waals surface area (Å²) in [4.78, 5) is 12.6. The normalized spacial score (nSPS) is 26.8. The van der Waals surface area contributed by atoms with E-state index in [2.05, 4.69) is 10.6 Å². The van der Waals surface area contributed by atoms with Crippen molar-refractivity contribution in [3.63, 3.8) is 0 Å². The zero-order valence-corrected chi connectivity index (χ0v) is 10.8. The average Bonchev–Trinajstić information content (AvgIpc) is 2.46. The molecule has 0 radical (unpaired) electrons. The molecule has 3 N–H and O–H groups in total. The molecule has 0 aromatic carbocycles. The topological polar surface area (TPSA) is 98.7 Å². The van der Waals surface area contributed by atoms with Crippen LogP contribution in [-0.2, 0) is 9.84 Å². The maximum atomic E-state index is 11.2. The maximum absolute atomic E-state index is 11.2. The van der Waals surface area contributed by atoms with Crippen LogP contribution in [0.25, 0.3) is 0 Å². The number of nitrogens with zero attached hydrogens (tertiary/aromatic N) is 1. The first-order valence-corrected chi connectivity index (χ1v) is 7.21. The first kappa shape index (κ1) is 14.2. The number of hydrogen-bond acceptors (Lipinski definition) is 5. The van der Waals surface area contributed by atoms with E-state index in [9.17, 15) is 18.3 Å². The highest BCUT2D eigenvalue weighted by atomic mass is 32.2. The van der Waals surface area contributed by atoms with Crippen molar-refractivity contribution in [2.75, 3.05) is 38.7 Å². The standard InChI is InChI=1S/C9H19N3O4S/c1-12(2)9(14)11-4-3-10-7-5-17(15,16)6-8(7)13/h7-8,10,13H,3-6H2,1-2H3,(H,11,14). The van der Waals surface area contributed by atoms with Crippen molar-refractivity contribution in [3.8, 4) is 0 Å². The molecule has 2 amide bonds. The van der Waals surface area contributed by atoms with E-state index in [0.29, 0.717) is 13.1 Å². The van der Waals surface area contributed by atoms with Crippen molar-refractivity contribution in [1.29, 1.82) is 0 Å². The molecule has 1 rings (SSSR count). The number of carbonyl (C=O) groups is 1. The number of aliphatic hydroxyl groups excluding tert-OH is 1. The molecule has 1 fully saturated rings. The second-order valence-electron chi connectivity index (χ2n) is 4.33. The van der Waals surface area contributed by atoms with Crippen molar-refractivity contribution in [2.24, 2.45) is 0 Å². The third-order valence-electron chi connectivity index (χ3n) is 2.54. The number of hydrogen-bond donors (Lipinski definition) is 3. The Morgan fingerprint density at radius 3 is 2.47 bits per heavy atom. The van der Waals surface area contributed by atoms with Gasteiger partial charge in [0.2, 0.25) is 0 Å². The van der Waals surface area contributed by atoms with Gasteiger partial charge in [0.15, 0.2) is 9.84 Å². The van der Waals surface area contributed by atoms with E-state index in [4.69, 9.17) is 0 Å². The smallest absolute Gasteiger partial charge is 0.316 e. The van der Waals surface area contributed by atoms with Crippen LogP contribution in [0.5, 0.6) is 0 Å². The number of rotatable bonds is 4. The van der Waals surface area contributed by atoms with Gasteiger partial charge in [0.1, 0.15) is 0 Å². The molecule has 0 aromatic rings. The molecule has 1 aliphatic rings. The number of aliphatic hydroxyl groups is 1. The van der Waals surface area contributed by atoms with Gasteiger partial charge in [-0.25, -0.2) is 13.2 Å². The molecule has 7 nitrogen and oxygen atoms in total. The van der Waals surface area contributed by atoms with E-state index in [0.717, 1.165) is 0 Å². The molecule has 0 spiro atoms. The zero-order valence-electron chi connectivity index (χ0n) is 10.0. The molecular formula is C9H19N3O4S. The summed E-state index contributed by atoms with van der Waals surface area (Å²) in [5, 5.41) is 15.0. The third kappa shape index (κ3) is 4.49. The van der Waals surface area contributed by atoms with Gasteiger partial charge < -0.3 is 20.6 Å². The Bertz CT molecular complexity index is 368. The number of nitrogens with one attached hydrogen (secondary N) is 2. The van der Waals surface area contributed by atoms with Crippen molar-refractivity contribution in [3.05, 3.63) is 0 Å². The Labute approximate surface area is 101 Å². The van der Waals surface area contributed by atoms with E-state index in [1.807, 2.05) is 0 Å². The molecule has 100 valence electrons. The average molecular weight is 265 g/mol. The monoisotopic (exact) mass is 265 g/mol. The Morgan fingerprint density at radius 2 is 2.00 bits per heavy atom. The van der Waals surface area contributed by atoms with Crippen molar-refractivity contribution < 1.29 is 18.3 Å². The molecule has 1 aliphatic heterocycles. The van der Waals surface area contributed by atoms with Crippen LogP contribution in [0.4, 0.5) is 4.79 Å². The van der Waals surface area contributed by atoms with Crippen LogP contribution in [0.15, 0.2) is 0 Å². The molecule has 8 heteroatoms. The Morgan fingerprint density at radius 1 is 1.35 bits per heavy atom. The van der Waals surface area contributed by atoms with Crippen LogP contribution in [-0.4, -0.2) is 75.3 Å².